The van der Waals surface area contributed by atoms with Crippen molar-refractivity contribution in [2.75, 3.05) is 308 Å². The third kappa shape index (κ3) is 53.1. The second-order valence-corrected chi connectivity index (χ2v) is 34.5. The van der Waals surface area contributed by atoms with Gasteiger partial charge >= 0.3 is 93.7 Å². The minimum Gasteiger partial charge on any atom is -0.480 e. The Balaban J connectivity index is 0.0000476. The van der Waals surface area contributed by atoms with Crippen molar-refractivity contribution in [1.29, 1.82) is 0 Å². The van der Waals surface area contributed by atoms with Crippen molar-refractivity contribution in [3.8, 4) is 0 Å². The van der Waals surface area contributed by atoms with Gasteiger partial charge in [0.05, 0.1) is 116 Å². The molecule has 3 atom stereocenters. The van der Waals surface area contributed by atoms with Crippen molar-refractivity contribution in [3.63, 3.8) is 0 Å². The molecule has 3 unspecified atom stereocenters. The molecule has 0 saturated carbocycles. The summed E-state index contributed by atoms with van der Waals surface area (Å²) in [5, 5.41) is 103. The number of carbonyl (C=O) groups is 19. The van der Waals surface area contributed by atoms with Crippen molar-refractivity contribution in [1.82, 2.24) is 110 Å². The second kappa shape index (κ2) is 67.9. The Morgan fingerprint density at radius 3 is 0.551 bits per heavy atom. The van der Waals surface area contributed by atoms with Crippen LogP contribution in [0.2, 0.25) is 0 Å². The standard InChI is InChI=1S/C85H148N22O28.Gd/c1-5-6-7-8-9-10-11-12-13-14-15-16-70(111)104-41-43-105(71(112)52-86-67(108)49-89-83(133)64(2)101-35-29-95(58-77(121)122)23-17-92(55-74(115)116)18-24-96(30-36-101)59-78(123)124)45-47-107(73(114)54-88-69(110)51-91-85(135)66(4)103-39-33-99(62-81(129)130)27-21-94(57-76(119)120)22-28-100(34-40-103)63-82(131)132)48-46-106(44-42-104)72(113)53-87-68(109)50-90-84(134)65(3)102-37-31-97(60-79(125)126)25-19-93(56-75(117)118)20-26-98(32-38-102)61-80(127)128;/h64-66H,5-63H2,1-4H3,(H,86,108)(H,87,109)(H,88,110)(H,89,133)(H,90,134)(H,91,135)(H,115,116)(H,117,118)(H,119,120)(H,121,122)(H,123,124)(H,125,126)(H,127,128)(H,129,130)(H,131,132);/q;+3. The maximum atomic E-state index is 14.7. The van der Waals surface area contributed by atoms with Gasteiger partial charge in [0.25, 0.3) is 0 Å². The number of carboxylic acids is 9. The molecule has 1 radical (unpaired) electrons. The van der Waals surface area contributed by atoms with E-state index in [2.05, 4.69) is 38.8 Å². The molecule has 4 aliphatic heterocycles. The molecule has 4 fully saturated rings. The Kier molecular flexibility index (Phi) is 60.4. The van der Waals surface area contributed by atoms with E-state index in [9.17, 15) is 137 Å². The maximum Gasteiger partial charge on any atom is 3.00 e. The number of rotatable bonds is 48. The van der Waals surface area contributed by atoms with Crippen LogP contribution in [-0.2, 0) is 91.1 Å². The summed E-state index contributed by atoms with van der Waals surface area (Å²) in [5.41, 5.74) is 0. The summed E-state index contributed by atoms with van der Waals surface area (Å²) in [4.78, 5) is 273. The molecule has 771 valence electrons. The van der Waals surface area contributed by atoms with Gasteiger partial charge in [-0.1, -0.05) is 71.1 Å². The predicted octanol–water partition coefficient (Wildman–Crippen LogP) is -7.70. The first-order chi connectivity index (χ1) is 64.2. The van der Waals surface area contributed by atoms with Crippen molar-refractivity contribution in [3.05, 3.63) is 0 Å². The fourth-order valence-corrected chi connectivity index (χ4v) is 16.0. The molecule has 4 aliphatic rings. The van der Waals surface area contributed by atoms with E-state index in [0.29, 0.717) is 6.42 Å². The van der Waals surface area contributed by atoms with Gasteiger partial charge in [-0.05, 0) is 27.2 Å². The zero-order valence-electron chi connectivity index (χ0n) is 79.2. The zero-order chi connectivity index (χ0) is 99.9. The smallest absolute Gasteiger partial charge is 0.480 e. The van der Waals surface area contributed by atoms with Gasteiger partial charge < -0.3 is 97.5 Å². The number of carbonyl (C=O) groups excluding carboxylic acids is 10. The molecule has 50 nitrogen and oxygen atoms in total. The topological polar surface area (TPSA) is 630 Å². The predicted molar refractivity (Wildman–Crippen MR) is 485 cm³/mol. The molecule has 10 amide bonds. The van der Waals surface area contributed by atoms with E-state index in [4.69, 9.17) is 0 Å². The van der Waals surface area contributed by atoms with E-state index in [1.807, 2.05) is 0 Å². The van der Waals surface area contributed by atoms with Crippen molar-refractivity contribution in [2.24, 2.45) is 0 Å². The SMILES string of the molecule is CCCCCCCCCCCCCC(=O)N1CCN(C(=O)CNC(=O)CNC(=O)C(C)N2CCN(CC(=O)O)CCN(CC(=O)O)CCN(CC(=O)O)CC2)CCN(C(=O)CNC(=O)CNC(=O)C(C)N2CCN(CC(=O)O)CCN(CC(=O)O)CCN(CC(=O)O)CC2)CCN(C(=O)CNC(=O)CNC(=O)C(C)N2CCN(CC(=O)O)CCN(CC(=O)O)CCN(CC(=O)O)CC2)CC1.[Gd+3]. The molecule has 4 rings (SSSR count). The van der Waals surface area contributed by atoms with Gasteiger partial charge in [0.15, 0.2) is 0 Å². The minimum absolute atomic E-state index is 0. The van der Waals surface area contributed by atoms with Gasteiger partial charge in [-0.2, -0.15) is 0 Å². The number of hydrogen-bond donors (Lipinski definition) is 15. The summed E-state index contributed by atoms with van der Waals surface area (Å²) >= 11 is 0. The zero-order valence-corrected chi connectivity index (χ0v) is 81.5. The number of amides is 10. The molecule has 0 bridgehead atoms. The molecular weight excluding hydrogens is 1930 g/mol. The number of nitrogens with one attached hydrogen (secondary N) is 6. The van der Waals surface area contributed by atoms with Crippen LogP contribution in [0, 0.1) is 39.9 Å². The Morgan fingerprint density at radius 1 is 0.213 bits per heavy atom. The van der Waals surface area contributed by atoms with Crippen molar-refractivity contribution >= 4 is 113 Å². The first-order valence-corrected chi connectivity index (χ1v) is 46.6. The van der Waals surface area contributed by atoms with Crippen LogP contribution < -0.4 is 31.9 Å². The molecular formula is C85H148GdN22O28+3. The fraction of sp³-hybridized carbons (Fsp3) is 0.776. The average molecular weight is 2080 g/mol. The van der Waals surface area contributed by atoms with Crippen LogP contribution in [0.5, 0.6) is 0 Å². The van der Waals surface area contributed by atoms with E-state index in [0.717, 1.165) is 51.4 Å². The number of aliphatic carboxylic acids is 9. The molecule has 0 spiro atoms. The maximum absolute atomic E-state index is 14.7. The summed E-state index contributed by atoms with van der Waals surface area (Å²) in [6, 6.07) is -3.02. The van der Waals surface area contributed by atoms with Crippen LogP contribution in [0.1, 0.15) is 105 Å². The van der Waals surface area contributed by atoms with Crippen LogP contribution in [-0.4, -0.2) is 563 Å². The average Bonchev–Trinajstić information content (AvgIpc) is 0.600. The largest absolute Gasteiger partial charge is 3.00 e. The van der Waals surface area contributed by atoms with Crippen molar-refractivity contribution < 1.29 is 177 Å². The first kappa shape index (κ1) is 121. The van der Waals surface area contributed by atoms with Gasteiger partial charge in [-0.15, -0.1) is 0 Å². The Labute approximate surface area is 825 Å². The van der Waals surface area contributed by atoms with Crippen LogP contribution in [0.3, 0.4) is 0 Å². The van der Waals surface area contributed by atoms with Gasteiger partial charge in [-0.3, -0.25) is 150 Å². The number of nitrogens with zero attached hydrogens (tertiary/aromatic N) is 16. The second-order valence-electron chi connectivity index (χ2n) is 34.5. The summed E-state index contributed by atoms with van der Waals surface area (Å²) in [7, 11) is 0. The monoisotopic (exact) mass is 2080 g/mol. The van der Waals surface area contributed by atoms with E-state index in [1.54, 1.807) is 58.8 Å². The van der Waals surface area contributed by atoms with E-state index < -0.39 is 204 Å². The number of carboxylic acid groups (broad SMARTS) is 9. The molecule has 4 saturated heterocycles. The van der Waals surface area contributed by atoms with Crippen LogP contribution in [0.25, 0.3) is 0 Å². The number of unbranched alkanes of at least 4 members (excludes halogenated alkanes) is 10. The van der Waals surface area contributed by atoms with Gasteiger partial charge in [0.1, 0.15) is 0 Å². The molecule has 0 aromatic carbocycles. The van der Waals surface area contributed by atoms with Crippen LogP contribution in [0.15, 0.2) is 0 Å². The molecule has 136 heavy (non-hydrogen) atoms. The molecule has 0 aromatic rings. The first-order valence-electron chi connectivity index (χ1n) is 46.6. The molecule has 0 aromatic heterocycles. The summed E-state index contributed by atoms with van der Waals surface area (Å²) < 4.78 is 0. The summed E-state index contributed by atoms with van der Waals surface area (Å²) in [5.74, 6) is -17.4. The van der Waals surface area contributed by atoms with Gasteiger partial charge in [-0.25, -0.2) is 0 Å². The molecule has 15 N–H and O–H groups in total. The third-order valence-electron chi connectivity index (χ3n) is 24.2. The molecule has 51 heteroatoms. The van der Waals surface area contributed by atoms with E-state index in [-0.39, 0.29) is 281 Å². The Hall–Kier alpha value is -9.23. The molecule has 0 aliphatic carbocycles. The Bertz CT molecular complexity index is 3580. The van der Waals surface area contributed by atoms with Crippen LogP contribution >= 0.6 is 0 Å². The number of hydrogen-bond acceptors (Lipinski definition) is 31. The normalized spacial score (nSPS) is 18.4. The third-order valence-corrected chi connectivity index (χ3v) is 24.2. The van der Waals surface area contributed by atoms with E-state index in [1.165, 1.54) is 53.2 Å². The quantitative estimate of drug-likeness (QED) is 0.0252. The van der Waals surface area contributed by atoms with Crippen LogP contribution in [0.4, 0.5) is 0 Å². The van der Waals surface area contributed by atoms with Gasteiger partial charge in [0, 0.05) is 216 Å². The Morgan fingerprint density at radius 2 is 0.375 bits per heavy atom. The summed E-state index contributed by atoms with van der Waals surface area (Å²) in [6.07, 6.45) is 11.1. The van der Waals surface area contributed by atoms with E-state index >= 15 is 0 Å². The molecule has 4 heterocycles. The fourth-order valence-electron chi connectivity index (χ4n) is 16.0. The van der Waals surface area contributed by atoms with Gasteiger partial charge in [0.2, 0.25) is 59.1 Å². The van der Waals surface area contributed by atoms with Crippen molar-refractivity contribution in [2.45, 2.75) is 123 Å². The minimum atomic E-state index is -1.17. The summed E-state index contributed by atoms with van der Waals surface area (Å²) in [6.45, 7) is -0.588.